The zero-order chi connectivity index (χ0) is 11.3. The molecule has 0 heterocycles. The average molecular weight is 210 g/mol. The molecule has 0 aliphatic rings. The third kappa shape index (κ3) is 2.27. The Morgan fingerprint density at radius 2 is 1.93 bits per heavy atom. The summed E-state index contributed by atoms with van der Waals surface area (Å²) >= 11 is 0. The summed E-state index contributed by atoms with van der Waals surface area (Å²) in [7, 11) is 4.61. The van der Waals surface area contributed by atoms with Crippen molar-refractivity contribution in [1.82, 2.24) is 0 Å². The van der Waals surface area contributed by atoms with Crippen molar-refractivity contribution in [2.75, 3.05) is 21.3 Å². The van der Waals surface area contributed by atoms with Gasteiger partial charge in [0.15, 0.2) is 17.8 Å². The van der Waals surface area contributed by atoms with Gasteiger partial charge in [-0.3, -0.25) is 4.79 Å². The summed E-state index contributed by atoms with van der Waals surface area (Å²) in [6.07, 6.45) is 0.746. The fourth-order valence-corrected chi connectivity index (χ4v) is 1.40. The number of benzene rings is 1. The normalized spacial score (nSPS) is 9.80. The van der Waals surface area contributed by atoms with Gasteiger partial charge in [-0.2, -0.15) is 0 Å². The molecule has 0 saturated heterocycles. The number of hydrogen-bond donors (Lipinski definition) is 0. The lowest BCUT2D eigenvalue weighted by Crippen LogP contribution is -2.01. The van der Waals surface area contributed by atoms with E-state index in [4.69, 9.17) is 14.2 Å². The van der Waals surface area contributed by atoms with Crippen molar-refractivity contribution < 1.29 is 19.0 Å². The molecule has 1 aromatic rings. The first-order valence-electron chi connectivity index (χ1n) is 4.46. The van der Waals surface area contributed by atoms with Gasteiger partial charge in [-0.15, -0.1) is 0 Å². The fourth-order valence-electron chi connectivity index (χ4n) is 1.40. The maximum Gasteiger partial charge on any atom is 0.171 e. The molecule has 0 aromatic heterocycles. The summed E-state index contributed by atoms with van der Waals surface area (Å²) in [6.45, 7) is 0.369. The molecule has 0 N–H and O–H groups in total. The third-order valence-corrected chi connectivity index (χ3v) is 2.09. The molecule has 0 aliphatic heterocycles. The molecule has 0 amide bonds. The Morgan fingerprint density at radius 3 is 2.40 bits per heavy atom. The van der Waals surface area contributed by atoms with Gasteiger partial charge in [0.2, 0.25) is 0 Å². The monoisotopic (exact) mass is 210 g/mol. The lowest BCUT2D eigenvalue weighted by atomic mass is 10.1. The predicted molar refractivity (Wildman–Crippen MR) is 55.6 cm³/mol. The van der Waals surface area contributed by atoms with E-state index in [2.05, 4.69) is 0 Å². The van der Waals surface area contributed by atoms with E-state index in [1.807, 2.05) is 0 Å². The Bertz CT molecular complexity index is 347. The van der Waals surface area contributed by atoms with Gasteiger partial charge in [-0.1, -0.05) is 6.07 Å². The van der Waals surface area contributed by atoms with Crippen molar-refractivity contribution in [3.63, 3.8) is 0 Å². The van der Waals surface area contributed by atoms with Crippen LogP contribution in [0.3, 0.4) is 0 Å². The molecule has 0 spiro atoms. The van der Waals surface area contributed by atoms with Gasteiger partial charge in [0.1, 0.15) is 0 Å². The smallest absolute Gasteiger partial charge is 0.171 e. The highest BCUT2D eigenvalue weighted by atomic mass is 16.5. The van der Waals surface area contributed by atoms with Gasteiger partial charge >= 0.3 is 0 Å². The lowest BCUT2D eigenvalue weighted by molar-refractivity contribution is 0.111. The molecule has 0 saturated carbocycles. The number of carbonyl (C=O) groups is 1. The van der Waals surface area contributed by atoms with Crippen molar-refractivity contribution >= 4 is 6.29 Å². The van der Waals surface area contributed by atoms with Gasteiger partial charge in [0.05, 0.1) is 26.4 Å². The summed E-state index contributed by atoms with van der Waals surface area (Å²) in [5.74, 6) is 0.988. The molecule has 1 rings (SSSR count). The van der Waals surface area contributed by atoms with Crippen LogP contribution in [0.5, 0.6) is 11.5 Å². The fraction of sp³-hybridized carbons (Fsp3) is 0.364. The molecule has 0 bridgehead atoms. The number of carbonyl (C=O) groups excluding carboxylic acids is 1. The highest BCUT2D eigenvalue weighted by molar-refractivity contribution is 5.83. The Labute approximate surface area is 88.8 Å². The van der Waals surface area contributed by atoms with E-state index in [0.717, 1.165) is 11.8 Å². The quantitative estimate of drug-likeness (QED) is 0.693. The van der Waals surface area contributed by atoms with Crippen LogP contribution in [-0.2, 0) is 11.3 Å². The van der Waals surface area contributed by atoms with Crippen molar-refractivity contribution in [2.24, 2.45) is 0 Å². The van der Waals surface area contributed by atoms with E-state index in [1.54, 1.807) is 19.2 Å². The predicted octanol–water partition coefficient (Wildman–Crippen LogP) is 1.66. The second-order valence-corrected chi connectivity index (χ2v) is 2.92. The van der Waals surface area contributed by atoms with E-state index in [1.165, 1.54) is 14.2 Å². The molecular formula is C11H14O4. The van der Waals surface area contributed by atoms with E-state index < -0.39 is 0 Å². The second-order valence-electron chi connectivity index (χ2n) is 2.92. The number of rotatable bonds is 5. The van der Waals surface area contributed by atoms with Crippen LogP contribution in [-0.4, -0.2) is 27.6 Å². The van der Waals surface area contributed by atoms with Crippen molar-refractivity contribution in [3.05, 3.63) is 23.3 Å². The van der Waals surface area contributed by atoms with Crippen LogP contribution in [0.15, 0.2) is 12.1 Å². The highest BCUT2D eigenvalue weighted by Gasteiger charge is 2.13. The minimum Gasteiger partial charge on any atom is -0.493 e. The van der Waals surface area contributed by atoms with Crippen molar-refractivity contribution in [3.8, 4) is 11.5 Å². The molecular weight excluding hydrogens is 196 g/mol. The maximum absolute atomic E-state index is 11.0. The minimum absolute atomic E-state index is 0.369. The van der Waals surface area contributed by atoms with Crippen LogP contribution in [0.2, 0.25) is 0 Å². The third-order valence-electron chi connectivity index (χ3n) is 2.09. The van der Waals surface area contributed by atoms with Crippen LogP contribution in [0.25, 0.3) is 0 Å². The molecule has 4 heteroatoms. The molecule has 0 aliphatic carbocycles. The standard InChI is InChI=1S/C11H14O4/c1-13-7-8-4-5-10(14-2)11(15-3)9(8)6-12/h4-6H,7H2,1-3H3. The summed E-state index contributed by atoms with van der Waals surface area (Å²) in [5.41, 5.74) is 1.25. The summed E-state index contributed by atoms with van der Waals surface area (Å²) in [5, 5.41) is 0. The molecule has 0 fully saturated rings. The summed E-state index contributed by atoms with van der Waals surface area (Å²) in [4.78, 5) is 11.0. The summed E-state index contributed by atoms with van der Waals surface area (Å²) in [6, 6.07) is 3.54. The van der Waals surface area contributed by atoms with Crippen molar-refractivity contribution in [2.45, 2.75) is 6.61 Å². The lowest BCUT2D eigenvalue weighted by Gasteiger charge is -2.12. The van der Waals surface area contributed by atoms with Gasteiger partial charge in [-0.25, -0.2) is 0 Å². The van der Waals surface area contributed by atoms with E-state index in [0.29, 0.717) is 23.7 Å². The van der Waals surface area contributed by atoms with Gasteiger partial charge < -0.3 is 14.2 Å². The number of hydrogen-bond acceptors (Lipinski definition) is 4. The van der Waals surface area contributed by atoms with E-state index in [9.17, 15) is 4.79 Å². The number of methoxy groups -OCH3 is 3. The average Bonchev–Trinajstić information content (AvgIpc) is 2.28. The first kappa shape index (κ1) is 11.5. The maximum atomic E-state index is 11.0. The molecule has 0 atom stereocenters. The largest absolute Gasteiger partial charge is 0.493 e. The van der Waals surface area contributed by atoms with Crippen molar-refractivity contribution in [1.29, 1.82) is 0 Å². The second kappa shape index (κ2) is 5.36. The SMILES string of the molecule is COCc1ccc(OC)c(OC)c1C=O. The highest BCUT2D eigenvalue weighted by Crippen LogP contribution is 2.32. The van der Waals surface area contributed by atoms with E-state index >= 15 is 0 Å². The zero-order valence-corrected chi connectivity index (χ0v) is 9.07. The minimum atomic E-state index is 0.369. The van der Waals surface area contributed by atoms with Gasteiger partial charge in [0.25, 0.3) is 0 Å². The van der Waals surface area contributed by atoms with Crippen LogP contribution in [0.1, 0.15) is 15.9 Å². The summed E-state index contributed by atoms with van der Waals surface area (Å²) < 4.78 is 15.2. The first-order chi connectivity index (χ1) is 7.28. The Balaban J connectivity index is 3.27. The van der Waals surface area contributed by atoms with Crippen LogP contribution < -0.4 is 9.47 Å². The molecule has 15 heavy (non-hydrogen) atoms. The molecule has 0 radical (unpaired) electrons. The van der Waals surface area contributed by atoms with E-state index in [-0.39, 0.29) is 0 Å². The topological polar surface area (TPSA) is 44.8 Å². The molecule has 4 nitrogen and oxygen atoms in total. The Morgan fingerprint density at radius 1 is 1.20 bits per heavy atom. The Kier molecular flexibility index (Phi) is 4.12. The molecule has 82 valence electrons. The van der Waals surface area contributed by atoms with Crippen LogP contribution in [0.4, 0.5) is 0 Å². The zero-order valence-electron chi connectivity index (χ0n) is 9.07. The first-order valence-corrected chi connectivity index (χ1v) is 4.46. The number of aldehydes is 1. The Hall–Kier alpha value is -1.55. The van der Waals surface area contributed by atoms with Gasteiger partial charge in [-0.05, 0) is 11.6 Å². The molecule has 0 unspecified atom stereocenters. The van der Waals surface area contributed by atoms with Gasteiger partial charge in [0, 0.05) is 7.11 Å². The molecule has 1 aromatic carbocycles. The number of ether oxygens (including phenoxy) is 3. The van der Waals surface area contributed by atoms with Crippen LogP contribution >= 0.6 is 0 Å². The van der Waals surface area contributed by atoms with Crippen LogP contribution in [0, 0.1) is 0 Å².